The van der Waals surface area contributed by atoms with Gasteiger partial charge in [-0.15, -0.1) is 0 Å². The monoisotopic (exact) mass is 368 g/mol. The van der Waals surface area contributed by atoms with Crippen molar-refractivity contribution in [3.8, 4) is 0 Å². The van der Waals surface area contributed by atoms with Crippen LogP contribution >= 0.6 is 0 Å². The number of hydrogen-bond acceptors (Lipinski definition) is 3. The molecule has 2 aromatic carbocycles. The van der Waals surface area contributed by atoms with Crippen molar-refractivity contribution in [3.05, 3.63) is 59.7 Å². The van der Waals surface area contributed by atoms with Crippen molar-refractivity contribution in [2.24, 2.45) is 0 Å². The maximum Gasteiger partial charge on any atom is 0.323 e. The summed E-state index contributed by atoms with van der Waals surface area (Å²) < 4.78 is 0. The number of nitrogens with one attached hydrogen (secondary N) is 4. The Balaban J connectivity index is 1.81. The summed E-state index contributed by atoms with van der Waals surface area (Å²) in [6.07, 6.45) is 0.417. The summed E-state index contributed by atoms with van der Waals surface area (Å²) in [6.45, 7) is 4.45. The van der Waals surface area contributed by atoms with Crippen molar-refractivity contribution >= 4 is 29.2 Å². The first-order valence-corrected chi connectivity index (χ1v) is 8.77. The number of anilines is 2. The van der Waals surface area contributed by atoms with Crippen LogP contribution in [0, 0.1) is 6.92 Å². The SMILES string of the molecule is CCC(=O)NCCNC(=O)c1ccc(NC(=O)Nc2cccc(C)c2)cc1. The molecule has 0 radical (unpaired) electrons. The summed E-state index contributed by atoms with van der Waals surface area (Å²) in [7, 11) is 0. The van der Waals surface area contributed by atoms with Crippen LogP contribution in [0.15, 0.2) is 48.5 Å². The lowest BCUT2D eigenvalue weighted by atomic mass is 10.2. The van der Waals surface area contributed by atoms with Crippen LogP contribution in [0.3, 0.4) is 0 Å². The molecule has 0 unspecified atom stereocenters. The smallest absolute Gasteiger partial charge is 0.323 e. The van der Waals surface area contributed by atoms with E-state index in [9.17, 15) is 14.4 Å². The molecule has 0 spiro atoms. The standard InChI is InChI=1S/C20H24N4O3/c1-3-18(25)21-11-12-22-19(26)15-7-9-16(10-8-15)23-20(27)24-17-6-4-5-14(2)13-17/h4-10,13H,3,11-12H2,1-2H3,(H,21,25)(H,22,26)(H2,23,24,27). The fraction of sp³-hybridized carbons (Fsp3) is 0.250. The third-order valence-electron chi connectivity index (χ3n) is 3.73. The molecule has 0 heterocycles. The van der Waals surface area contributed by atoms with E-state index in [4.69, 9.17) is 0 Å². The van der Waals surface area contributed by atoms with Gasteiger partial charge < -0.3 is 21.3 Å². The molecule has 7 nitrogen and oxygen atoms in total. The van der Waals surface area contributed by atoms with Gasteiger partial charge in [0.2, 0.25) is 5.91 Å². The molecule has 0 aliphatic rings. The number of benzene rings is 2. The molecule has 27 heavy (non-hydrogen) atoms. The molecule has 0 atom stereocenters. The number of aryl methyl sites for hydroxylation is 1. The Bertz CT molecular complexity index is 803. The lowest BCUT2D eigenvalue weighted by Crippen LogP contribution is -2.34. The lowest BCUT2D eigenvalue weighted by Gasteiger charge is -2.09. The summed E-state index contributed by atoms with van der Waals surface area (Å²) in [6, 6.07) is 13.7. The molecule has 0 aliphatic heterocycles. The number of carbonyl (C=O) groups excluding carboxylic acids is 3. The fourth-order valence-corrected chi connectivity index (χ4v) is 2.33. The van der Waals surface area contributed by atoms with Gasteiger partial charge in [-0.25, -0.2) is 4.79 Å². The minimum absolute atomic E-state index is 0.0522. The highest BCUT2D eigenvalue weighted by molar-refractivity contribution is 6.00. The maximum atomic E-state index is 12.0. The molecule has 2 aromatic rings. The second kappa shape index (κ2) is 9.96. The van der Waals surface area contributed by atoms with E-state index in [0.29, 0.717) is 36.4 Å². The van der Waals surface area contributed by atoms with E-state index >= 15 is 0 Å². The normalized spacial score (nSPS) is 10.0. The van der Waals surface area contributed by atoms with Crippen molar-refractivity contribution in [1.29, 1.82) is 0 Å². The van der Waals surface area contributed by atoms with E-state index < -0.39 is 0 Å². The Morgan fingerprint density at radius 1 is 0.852 bits per heavy atom. The second-order valence-corrected chi connectivity index (χ2v) is 5.99. The number of urea groups is 1. The van der Waals surface area contributed by atoms with Crippen LogP contribution in [0.1, 0.15) is 29.3 Å². The van der Waals surface area contributed by atoms with Crippen LogP contribution in [-0.4, -0.2) is 30.9 Å². The Kier molecular flexibility index (Phi) is 7.37. The summed E-state index contributed by atoms with van der Waals surface area (Å²) in [4.78, 5) is 35.2. The molecule has 7 heteroatoms. The summed E-state index contributed by atoms with van der Waals surface area (Å²) >= 11 is 0. The predicted molar refractivity (Wildman–Crippen MR) is 106 cm³/mol. The van der Waals surface area contributed by atoms with Gasteiger partial charge in [-0.2, -0.15) is 0 Å². The summed E-state index contributed by atoms with van der Waals surface area (Å²) in [5, 5.41) is 10.9. The number of carbonyl (C=O) groups is 3. The van der Waals surface area contributed by atoms with Gasteiger partial charge in [0.25, 0.3) is 5.91 Å². The zero-order valence-corrected chi connectivity index (χ0v) is 15.5. The van der Waals surface area contributed by atoms with Crippen molar-refractivity contribution in [2.45, 2.75) is 20.3 Å². The van der Waals surface area contributed by atoms with Gasteiger partial charge in [0.1, 0.15) is 0 Å². The molecule has 142 valence electrons. The van der Waals surface area contributed by atoms with Gasteiger partial charge in [0, 0.05) is 36.4 Å². The second-order valence-electron chi connectivity index (χ2n) is 5.99. The van der Waals surface area contributed by atoms with E-state index in [2.05, 4.69) is 21.3 Å². The summed E-state index contributed by atoms with van der Waals surface area (Å²) in [5.74, 6) is -0.292. The summed E-state index contributed by atoms with van der Waals surface area (Å²) in [5.41, 5.74) is 2.81. The Labute approximate surface area is 158 Å². The average molecular weight is 368 g/mol. The molecule has 0 bridgehead atoms. The van der Waals surface area contributed by atoms with Crippen molar-refractivity contribution in [3.63, 3.8) is 0 Å². The van der Waals surface area contributed by atoms with Gasteiger partial charge in [-0.3, -0.25) is 9.59 Å². The first-order chi connectivity index (χ1) is 13.0. The molecule has 4 amide bonds. The van der Waals surface area contributed by atoms with Crippen LogP contribution in [0.25, 0.3) is 0 Å². The van der Waals surface area contributed by atoms with Gasteiger partial charge in [0.15, 0.2) is 0 Å². The van der Waals surface area contributed by atoms with Gasteiger partial charge >= 0.3 is 6.03 Å². The number of amides is 4. The van der Waals surface area contributed by atoms with E-state index in [1.807, 2.05) is 31.2 Å². The van der Waals surface area contributed by atoms with Gasteiger partial charge in [-0.05, 0) is 48.9 Å². The highest BCUT2D eigenvalue weighted by atomic mass is 16.2. The van der Waals surface area contributed by atoms with Crippen molar-refractivity contribution < 1.29 is 14.4 Å². The quantitative estimate of drug-likeness (QED) is 0.566. The van der Waals surface area contributed by atoms with E-state index in [1.54, 1.807) is 31.2 Å². The molecule has 2 rings (SSSR count). The minimum Gasteiger partial charge on any atom is -0.354 e. The van der Waals surface area contributed by atoms with Crippen LogP contribution < -0.4 is 21.3 Å². The molecule has 4 N–H and O–H groups in total. The van der Waals surface area contributed by atoms with Crippen LogP contribution in [-0.2, 0) is 4.79 Å². The third kappa shape index (κ3) is 6.81. The molecular formula is C20H24N4O3. The van der Waals surface area contributed by atoms with Crippen LogP contribution in [0.4, 0.5) is 16.2 Å². The third-order valence-corrected chi connectivity index (χ3v) is 3.73. The van der Waals surface area contributed by atoms with Crippen LogP contribution in [0.5, 0.6) is 0 Å². The van der Waals surface area contributed by atoms with E-state index in [0.717, 1.165) is 5.56 Å². The zero-order chi connectivity index (χ0) is 19.6. The minimum atomic E-state index is -0.357. The first kappa shape index (κ1) is 20.0. The molecule has 0 aliphatic carbocycles. The molecular weight excluding hydrogens is 344 g/mol. The largest absolute Gasteiger partial charge is 0.354 e. The fourth-order valence-electron chi connectivity index (χ4n) is 2.33. The van der Waals surface area contributed by atoms with Crippen LogP contribution in [0.2, 0.25) is 0 Å². The average Bonchev–Trinajstić information content (AvgIpc) is 2.65. The Morgan fingerprint density at radius 2 is 1.52 bits per heavy atom. The highest BCUT2D eigenvalue weighted by Gasteiger charge is 2.07. The van der Waals surface area contributed by atoms with Gasteiger partial charge in [-0.1, -0.05) is 19.1 Å². The van der Waals surface area contributed by atoms with Gasteiger partial charge in [0.05, 0.1) is 0 Å². The predicted octanol–water partition coefficient (Wildman–Crippen LogP) is 2.90. The number of rotatable bonds is 7. The van der Waals surface area contributed by atoms with Crippen molar-refractivity contribution in [2.75, 3.05) is 23.7 Å². The Hall–Kier alpha value is -3.35. The number of hydrogen-bond donors (Lipinski definition) is 4. The van der Waals surface area contributed by atoms with E-state index in [-0.39, 0.29) is 17.8 Å². The van der Waals surface area contributed by atoms with Crippen molar-refractivity contribution in [1.82, 2.24) is 10.6 Å². The molecule has 0 saturated heterocycles. The first-order valence-electron chi connectivity index (χ1n) is 8.77. The zero-order valence-electron chi connectivity index (χ0n) is 15.5. The Morgan fingerprint density at radius 3 is 2.19 bits per heavy atom. The molecule has 0 saturated carbocycles. The lowest BCUT2D eigenvalue weighted by molar-refractivity contribution is -0.120. The topological polar surface area (TPSA) is 99.3 Å². The highest BCUT2D eigenvalue weighted by Crippen LogP contribution is 2.12. The maximum absolute atomic E-state index is 12.0. The molecule has 0 aromatic heterocycles. The van der Waals surface area contributed by atoms with E-state index in [1.165, 1.54) is 0 Å². The molecule has 0 fully saturated rings.